The number of primary amides is 1. The van der Waals surface area contributed by atoms with Crippen molar-refractivity contribution in [3.8, 4) is 22.6 Å². The minimum absolute atomic E-state index is 0.0856. The monoisotopic (exact) mass is 453 g/mol. The normalized spacial score (nSPS) is 12.0. The number of fused-ring (bicyclic) bond motifs is 2. The number of nitrogens with two attached hydrogens (primary N) is 1. The molecule has 8 nitrogen and oxygen atoms in total. The van der Waals surface area contributed by atoms with Gasteiger partial charge in [0.05, 0.1) is 11.1 Å². The molecule has 0 fully saturated rings. The number of rotatable bonds is 3. The van der Waals surface area contributed by atoms with Crippen LogP contribution in [0, 0.1) is 6.92 Å². The number of H-pyrrole nitrogens is 1. The average molecular weight is 453 g/mol. The van der Waals surface area contributed by atoms with Gasteiger partial charge in [0.2, 0.25) is 5.89 Å². The summed E-state index contributed by atoms with van der Waals surface area (Å²) in [5, 5.41) is 3.59. The topological polar surface area (TPSA) is 119 Å². The first-order valence-corrected chi connectivity index (χ1v) is 9.64. The number of nitrogens with one attached hydrogen (secondary N) is 1. The van der Waals surface area contributed by atoms with Crippen molar-refractivity contribution < 1.29 is 22.4 Å². The number of para-hydroxylation sites is 1. The summed E-state index contributed by atoms with van der Waals surface area (Å²) in [4.78, 5) is 32.0. The summed E-state index contributed by atoms with van der Waals surface area (Å²) in [6.45, 7) is 1.51. The highest BCUT2D eigenvalue weighted by atomic mass is 19.4. The van der Waals surface area contributed by atoms with Gasteiger partial charge in [0, 0.05) is 5.69 Å². The van der Waals surface area contributed by atoms with E-state index >= 15 is 0 Å². The van der Waals surface area contributed by atoms with Gasteiger partial charge in [0.15, 0.2) is 11.3 Å². The van der Waals surface area contributed by atoms with Crippen molar-refractivity contribution in [1.82, 2.24) is 19.6 Å². The second-order valence-corrected chi connectivity index (χ2v) is 7.31. The molecule has 3 N–H and O–H groups in total. The van der Waals surface area contributed by atoms with Crippen LogP contribution >= 0.6 is 0 Å². The maximum atomic E-state index is 13.8. The van der Waals surface area contributed by atoms with Crippen molar-refractivity contribution in [2.24, 2.45) is 5.73 Å². The number of aromatic amines is 1. The number of hydrogen-bond acceptors (Lipinski definition) is 5. The Morgan fingerprint density at radius 1 is 1.09 bits per heavy atom. The van der Waals surface area contributed by atoms with Crippen LogP contribution < -0.4 is 11.3 Å². The minimum atomic E-state index is -4.81. The Kier molecular flexibility index (Phi) is 4.38. The number of nitrogens with zero attached hydrogens (tertiary/aromatic N) is 3. The van der Waals surface area contributed by atoms with Crippen LogP contribution in [0.2, 0.25) is 0 Å². The lowest BCUT2D eigenvalue weighted by atomic mass is 10.1. The number of alkyl halides is 3. The number of aryl methyl sites for hydroxylation is 1. The fourth-order valence-electron chi connectivity index (χ4n) is 3.77. The molecule has 0 atom stereocenters. The van der Waals surface area contributed by atoms with Crippen LogP contribution in [0.3, 0.4) is 0 Å². The molecule has 0 aliphatic heterocycles. The van der Waals surface area contributed by atoms with Crippen molar-refractivity contribution >= 4 is 22.7 Å². The third kappa shape index (κ3) is 3.16. The van der Waals surface area contributed by atoms with Crippen LogP contribution in [0.25, 0.3) is 39.3 Å². The lowest BCUT2D eigenvalue weighted by Crippen LogP contribution is -2.20. The smallest absolute Gasteiger partial charge is 0.435 e. The van der Waals surface area contributed by atoms with Crippen molar-refractivity contribution in [2.75, 3.05) is 0 Å². The van der Waals surface area contributed by atoms with Gasteiger partial charge >= 0.3 is 6.18 Å². The average Bonchev–Trinajstić information content (AvgIpc) is 3.35. The SMILES string of the molecule is Cc1[nH]c2c(-c3ccccc3)c(C(F)(F)F)nn2c(=O)c1-c1nc2c(C(N)=O)cccc2o1. The highest BCUT2D eigenvalue weighted by Gasteiger charge is 2.39. The van der Waals surface area contributed by atoms with E-state index in [-0.39, 0.29) is 50.6 Å². The van der Waals surface area contributed by atoms with Crippen LogP contribution in [-0.4, -0.2) is 25.5 Å². The molecule has 5 rings (SSSR count). The van der Waals surface area contributed by atoms with E-state index in [9.17, 15) is 22.8 Å². The molecule has 0 bridgehead atoms. The van der Waals surface area contributed by atoms with Gasteiger partial charge in [-0.25, -0.2) is 4.98 Å². The van der Waals surface area contributed by atoms with Crippen LogP contribution in [0.5, 0.6) is 0 Å². The van der Waals surface area contributed by atoms with Crippen LogP contribution in [-0.2, 0) is 6.18 Å². The minimum Gasteiger partial charge on any atom is -0.436 e. The number of carbonyl (C=O) groups is 1. The molecule has 5 aromatic rings. The largest absolute Gasteiger partial charge is 0.436 e. The molecular weight excluding hydrogens is 439 g/mol. The molecule has 2 aromatic carbocycles. The van der Waals surface area contributed by atoms with Gasteiger partial charge in [-0.2, -0.15) is 22.8 Å². The predicted octanol–water partition coefficient (Wildman–Crippen LogP) is 3.92. The Morgan fingerprint density at radius 2 is 1.82 bits per heavy atom. The van der Waals surface area contributed by atoms with Crippen molar-refractivity contribution in [3.63, 3.8) is 0 Å². The first-order chi connectivity index (χ1) is 15.7. The number of benzene rings is 2. The zero-order valence-electron chi connectivity index (χ0n) is 16.9. The molecule has 0 saturated carbocycles. The maximum Gasteiger partial charge on any atom is 0.435 e. The molecule has 3 heterocycles. The quantitative estimate of drug-likeness (QED) is 0.429. The van der Waals surface area contributed by atoms with Gasteiger partial charge in [0.25, 0.3) is 11.5 Å². The highest BCUT2D eigenvalue weighted by Crippen LogP contribution is 2.38. The fourth-order valence-corrected chi connectivity index (χ4v) is 3.77. The third-order valence-corrected chi connectivity index (χ3v) is 5.20. The Hall–Kier alpha value is -4.41. The zero-order chi connectivity index (χ0) is 23.5. The van der Waals surface area contributed by atoms with E-state index in [0.29, 0.717) is 4.52 Å². The van der Waals surface area contributed by atoms with Gasteiger partial charge in [0.1, 0.15) is 16.7 Å². The van der Waals surface area contributed by atoms with Gasteiger partial charge in [-0.05, 0) is 24.6 Å². The molecule has 0 unspecified atom stereocenters. The first-order valence-electron chi connectivity index (χ1n) is 9.64. The number of carbonyl (C=O) groups excluding carboxylic acids is 1. The Morgan fingerprint density at radius 3 is 2.48 bits per heavy atom. The number of halogens is 3. The summed E-state index contributed by atoms with van der Waals surface area (Å²) in [7, 11) is 0. The second-order valence-electron chi connectivity index (χ2n) is 7.31. The van der Waals surface area contributed by atoms with Crippen LogP contribution in [0.15, 0.2) is 57.7 Å². The van der Waals surface area contributed by atoms with E-state index in [1.807, 2.05) is 0 Å². The molecule has 0 saturated heterocycles. The second kappa shape index (κ2) is 7.05. The first kappa shape index (κ1) is 20.5. The Bertz CT molecular complexity index is 1610. The standard InChI is InChI=1S/C22H14F3N5O3/c1-10-14(20-28-16-12(18(26)31)8-5-9-13(16)33-20)21(32)30-19(27-10)15(11-6-3-2-4-7-11)17(29-30)22(23,24)25/h2-9,27H,1H3,(H2,26,31). The summed E-state index contributed by atoms with van der Waals surface area (Å²) >= 11 is 0. The van der Waals surface area contributed by atoms with E-state index < -0.39 is 23.3 Å². The summed E-state index contributed by atoms with van der Waals surface area (Å²) in [6.07, 6.45) is -4.81. The summed E-state index contributed by atoms with van der Waals surface area (Å²) in [5.41, 5.74) is 3.70. The molecule has 0 aliphatic rings. The van der Waals surface area contributed by atoms with Crippen molar-refractivity contribution in [2.45, 2.75) is 13.1 Å². The Labute approximate surface area is 182 Å². The zero-order valence-corrected chi connectivity index (χ0v) is 16.9. The lowest BCUT2D eigenvalue weighted by Gasteiger charge is -2.07. The maximum absolute atomic E-state index is 13.8. The predicted molar refractivity (Wildman–Crippen MR) is 113 cm³/mol. The van der Waals surface area contributed by atoms with Crippen molar-refractivity contribution in [3.05, 3.63) is 75.8 Å². The number of oxazole rings is 1. The molecule has 1 amide bonds. The number of amides is 1. The van der Waals surface area contributed by atoms with Gasteiger partial charge in [-0.3, -0.25) is 9.59 Å². The molecule has 166 valence electrons. The van der Waals surface area contributed by atoms with E-state index in [4.69, 9.17) is 10.2 Å². The van der Waals surface area contributed by atoms with E-state index in [0.717, 1.165) is 0 Å². The fraction of sp³-hybridized carbons (Fsp3) is 0.0909. The molecular formula is C22H14F3N5O3. The molecule has 11 heteroatoms. The summed E-state index contributed by atoms with van der Waals surface area (Å²) < 4.78 is 47.8. The van der Waals surface area contributed by atoms with Crippen LogP contribution in [0.4, 0.5) is 13.2 Å². The summed E-state index contributed by atoms with van der Waals surface area (Å²) in [6, 6.07) is 12.4. The Balaban J connectivity index is 1.82. The number of hydrogen-bond donors (Lipinski definition) is 2. The van der Waals surface area contributed by atoms with E-state index in [1.54, 1.807) is 18.2 Å². The van der Waals surface area contributed by atoms with E-state index in [2.05, 4.69) is 15.1 Å². The molecule has 0 spiro atoms. The number of aromatic nitrogens is 4. The lowest BCUT2D eigenvalue weighted by molar-refractivity contribution is -0.140. The van der Waals surface area contributed by atoms with E-state index in [1.165, 1.54) is 37.3 Å². The molecule has 0 aliphatic carbocycles. The highest BCUT2D eigenvalue weighted by molar-refractivity contribution is 6.04. The van der Waals surface area contributed by atoms with Gasteiger partial charge in [-0.1, -0.05) is 36.4 Å². The molecule has 0 radical (unpaired) electrons. The summed E-state index contributed by atoms with van der Waals surface area (Å²) in [5.74, 6) is -0.916. The van der Waals surface area contributed by atoms with Crippen LogP contribution in [0.1, 0.15) is 21.7 Å². The third-order valence-electron chi connectivity index (χ3n) is 5.20. The molecule has 3 aromatic heterocycles. The van der Waals surface area contributed by atoms with Crippen molar-refractivity contribution in [1.29, 1.82) is 0 Å². The van der Waals surface area contributed by atoms with Gasteiger partial charge < -0.3 is 15.1 Å². The van der Waals surface area contributed by atoms with Gasteiger partial charge in [-0.15, -0.1) is 0 Å². The molecule has 33 heavy (non-hydrogen) atoms.